The Morgan fingerprint density at radius 2 is 2.27 bits per heavy atom. The third-order valence-corrected chi connectivity index (χ3v) is 4.23. The van der Waals surface area contributed by atoms with Gasteiger partial charge >= 0.3 is 0 Å². The van der Waals surface area contributed by atoms with Crippen LogP contribution in [0.25, 0.3) is 0 Å². The van der Waals surface area contributed by atoms with E-state index in [1.54, 1.807) is 13.0 Å². The molecule has 0 spiro atoms. The van der Waals surface area contributed by atoms with Crippen LogP contribution in [0.5, 0.6) is 0 Å². The van der Waals surface area contributed by atoms with Crippen molar-refractivity contribution in [2.24, 2.45) is 5.92 Å². The van der Waals surface area contributed by atoms with Crippen LogP contribution in [0, 0.1) is 18.7 Å². The van der Waals surface area contributed by atoms with Crippen LogP contribution in [0.15, 0.2) is 18.2 Å². The van der Waals surface area contributed by atoms with Gasteiger partial charge in [0, 0.05) is 0 Å². The number of rotatable bonds is 1. The molecule has 2 unspecified atom stereocenters. The summed E-state index contributed by atoms with van der Waals surface area (Å²) in [4.78, 5) is 0. The number of nitrogens with one attached hydrogen (secondary N) is 1. The van der Waals surface area contributed by atoms with Gasteiger partial charge in [-0.3, -0.25) is 0 Å². The average Bonchev–Trinajstić information content (AvgIpc) is 2.23. The van der Waals surface area contributed by atoms with Gasteiger partial charge in [0.25, 0.3) is 0 Å². The second-order valence-corrected chi connectivity index (χ2v) is 5.37. The summed E-state index contributed by atoms with van der Waals surface area (Å²) in [5.74, 6) is 1.75. The van der Waals surface area contributed by atoms with E-state index in [9.17, 15) is 4.39 Å². The molecule has 0 aromatic heterocycles. The van der Waals surface area contributed by atoms with Crippen molar-refractivity contribution in [3.05, 3.63) is 35.1 Å². The maximum absolute atomic E-state index is 13.4. The maximum Gasteiger partial charge on any atom is 0.126 e. The summed E-state index contributed by atoms with van der Waals surface area (Å²) in [5.41, 5.74) is 1.77. The molecule has 1 aromatic carbocycles. The number of thioether (sulfide) groups is 1. The van der Waals surface area contributed by atoms with Gasteiger partial charge in [-0.15, -0.1) is 11.8 Å². The summed E-state index contributed by atoms with van der Waals surface area (Å²) in [5, 5.41) is 3.69. The van der Waals surface area contributed by atoms with E-state index >= 15 is 0 Å². The van der Waals surface area contributed by atoms with E-state index in [2.05, 4.69) is 12.2 Å². The minimum Gasteiger partial charge on any atom is -0.301 e. The first-order valence-corrected chi connectivity index (χ1v) is 6.32. The Bertz CT molecular complexity index is 345. The molecule has 0 amide bonds. The zero-order valence-corrected chi connectivity index (χ0v) is 9.90. The van der Waals surface area contributed by atoms with Crippen LogP contribution in [0.3, 0.4) is 0 Å². The lowest BCUT2D eigenvalue weighted by Crippen LogP contribution is -2.31. The van der Waals surface area contributed by atoms with Crippen molar-refractivity contribution in [1.82, 2.24) is 5.32 Å². The molecule has 0 bridgehead atoms. The summed E-state index contributed by atoms with van der Waals surface area (Å²) in [6, 6.07) is 5.51. The van der Waals surface area contributed by atoms with Crippen molar-refractivity contribution in [3.63, 3.8) is 0 Å². The summed E-state index contributed by atoms with van der Waals surface area (Å²) < 4.78 is 13.4. The van der Waals surface area contributed by atoms with Crippen LogP contribution in [-0.2, 0) is 0 Å². The van der Waals surface area contributed by atoms with Gasteiger partial charge in [0.15, 0.2) is 0 Å². The first-order valence-electron chi connectivity index (χ1n) is 5.28. The highest BCUT2D eigenvalue weighted by atomic mass is 32.2. The van der Waals surface area contributed by atoms with E-state index in [4.69, 9.17) is 0 Å². The molecule has 82 valence electrons. The first-order chi connectivity index (χ1) is 7.16. The number of hydrogen-bond acceptors (Lipinski definition) is 2. The Labute approximate surface area is 94.5 Å². The monoisotopic (exact) mass is 225 g/mol. The zero-order valence-electron chi connectivity index (χ0n) is 9.09. The predicted octanol–water partition coefficient (Wildman–Crippen LogP) is 3.11. The molecular formula is C12H16FNS. The van der Waals surface area contributed by atoms with Gasteiger partial charge in [-0.1, -0.05) is 19.1 Å². The minimum absolute atomic E-state index is 0.103. The Balaban J connectivity index is 2.12. The van der Waals surface area contributed by atoms with Gasteiger partial charge in [0.1, 0.15) is 5.82 Å². The Hall–Kier alpha value is -0.540. The number of benzene rings is 1. The first kappa shape index (κ1) is 11.0. The molecule has 0 radical (unpaired) electrons. The maximum atomic E-state index is 13.4. The van der Waals surface area contributed by atoms with Crippen LogP contribution < -0.4 is 5.32 Å². The second-order valence-electron chi connectivity index (χ2n) is 4.24. The van der Waals surface area contributed by atoms with E-state index in [1.807, 2.05) is 23.9 Å². The number of hydrogen-bond donors (Lipinski definition) is 1. The molecule has 1 aromatic rings. The van der Waals surface area contributed by atoms with E-state index in [0.29, 0.717) is 11.5 Å². The molecule has 1 aliphatic heterocycles. The van der Waals surface area contributed by atoms with Crippen molar-refractivity contribution in [2.45, 2.75) is 19.2 Å². The Morgan fingerprint density at radius 3 is 2.87 bits per heavy atom. The van der Waals surface area contributed by atoms with Crippen LogP contribution >= 0.6 is 11.8 Å². The van der Waals surface area contributed by atoms with Crippen LogP contribution in [0.1, 0.15) is 23.4 Å². The lowest BCUT2D eigenvalue weighted by molar-refractivity contribution is 0.527. The fourth-order valence-electron chi connectivity index (χ4n) is 1.67. The van der Waals surface area contributed by atoms with Crippen LogP contribution in [0.4, 0.5) is 4.39 Å². The summed E-state index contributed by atoms with van der Waals surface area (Å²) in [6.45, 7) is 5.04. The van der Waals surface area contributed by atoms with Crippen molar-refractivity contribution in [2.75, 3.05) is 12.3 Å². The van der Waals surface area contributed by atoms with Crippen LogP contribution in [-0.4, -0.2) is 12.3 Å². The molecule has 1 N–H and O–H groups in total. The largest absolute Gasteiger partial charge is 0.301 e. The standard InChI is InChI=1S/C12H16FNS/c1-8-6-14-12(15-7-8)10-4-3-9(2)11(13)5-10/h3-5,8,12,14H,6-7H2,1-2H3. The van der Waals surface area contributed by atoms with Gasteiger partial charge < -0.3 is 5.32 Å². The van der Waals surface area contributed by atoms with Gasteiger partial charge in [0.05, 0.1) is 5.37 Å². The lowest BCUT2D eigenvalue weighted by atomic mass is 10.1. The molecule has 15 heavy (non-hydrogen) atoms. The van der Waals surface area contributed by atoms with Crippen molar-refractivity contribution in [3.8, 4) is 0 Å². The molecule has 2 rings (SSSR count). The van der Waals surface area contributed by atoms with Gasteiger partial charge in [-0.2, -0.15) is 0 Å². The highest BCUT2D eigenvalue weighted by molar-refractivity contribution is 7.99. The topological polar surface area (TPSA) is 12.0 Å². The van der Waals surface area contributed by atoms with Gasteiger partial charge in [-0.25, -0.2) is 4.39 Å². The van der Waals surface area contributed by atoms with Gasteiger partial charge in [-0.05, 0) is 42.3 Å². The highest BCUT2D eigenvalue weighted by Gasteiger charge is 2.19. The molecule has 1 heterocycles. The minimum atomic E-state index is -0.103. The smallest absolute Gasteiger partial charge is 0.126 e. The van der Waals surface area contributed by atoms with Crippen LogP contribution in [0.2, 0.25) is 0 Å². The molecule has 3 heteroatoms. The van der Waals surface area contributed by atoms with Crippen molar-refractivity contribution in [1.29, 1.82) is 0 Å². The summed E-state index contributed by atoms with van der Waals surface area (Å²) in [7, 11) is 0. The fourth-order valence-corrected chi connectivity index (χ4v) is 2.86. The van der Waals surface area contributed by atoms with Crippen molar-refractivity contribution < 1.29 is 4.39 Å². The molecule has 0 saturated carbocycles. The highest BCUT2D eigenvalue weighted by Crippen LogP contribution is 2.31. The quantitative estimate of drug-likeness (QED) is 0.788. The van der Waals surface area contributed by atoms with E-state index in [0.717, 1.165) is 17.9 Å². The molecular weight excluding hydrogens is 209 g/mol. The van der Waals surface area contributed by atoms with Crippen molar-refractivity contribution >= 4 is 11.8 Å². The second kappa shape index (κ2) is 4.54. The molecule has 0 aliphatic carbocycles. The van der Waals surface area contributed by atoms with E-state index < -0.39 is 0 Å². The lowest BCUT2D eigenvalue weighted by Gasteiger charge is -2.27. The Morgan fingerprint density at radius 1 is 1.47 bits per heavy atom. The fraction of sp³-hybridized carbons (Fsp3) is 0.500. The number of aryl methyl sites for hydroxylation is 1. The third-order valence-electron chi connectivity index (χ3n) is 2.70. The normalized spacial score (nSPS) is 26.6. The van der Waals surface area contributed by atoms with E-state index in [1.165, 1.54) is 0 Å². The number of halogens is 1. The summed E-state index contributed by atoms with van der Waals surface area (Å²) in [6.07, 6.45) is 0. The summed E-state index contributed by atoms with van der Waals surface area (Å²) >= 11 is 1.86. The molecule has 1 saturated heterocycles. The van der Waals surface area contributed by atoms with E-state index in [-0.39, 0.29) is 11.2 Å². The van der Waals surface area contributed by atoms with Gasteiger partial charge in [0.2, 0.25) is 0 Å². The predicted molar refractivity (Wildman–Crippen MR) is 63.5 cm³/mol. The Kier molecular flexibility index (Phi) is 3.32. The average molecular weight is 225 g/mol. The third kappa shape index (κ3) is 2.52. The SMILES string of the molecule is Cc1ccc(C2NCC(C)CS2)cc1F. The molecule has 1 fully saturated rings. The molecule has 2 atom stereocenters. The molecule has 1 nitrogen and oxygen atoms in total. The molecule has 1 aliphatic rings. The zero-order chi connectivity index (χ0) is 10.8.